The highest BCUT2D eigenvalue weighted by Crippen LogP contribution is 2.40. The molecule has 2 aromatic rings. The van der Waals surface area contributed by atoms with Crippen LogP contribution in [0.25, 0.3) is 0 Å². The molecular weight excluding hydrogens is 242 g/mol. The lowest BCUT2D eigenvalue weighted by atomic mass is 10.0. The predicted octanol–water partition coefficient (Wildman–Crippen LogP) is 4.08. The van der Waals surface area contributed by atoms with E-state index in [0.717, 1.165) is 5.76 Å². The van der Waals surface area contributed by atoms with Crippen LogP contribution in [0.4, 0.5) is 0 Å². The molecule has 0 aliphatic heterocycles. The number of hydrogen-bond donors (Lipinski definition) is 1. The van der Waals surface area contributed by atoms with Crippen LogP contribution >= 0.6 is 11.8 Å². The average molecular weight is 261 g/mol. The van der Waals surface area contributed by atoms with Gasteiger partial charge in [-0.3, -0.25) is 0 Å². The molecule has 0 saturated carbocycles. The van der Waals surface area contributed by atoms with Gasteiger partial charge >= 0.3 is 0 Å². The molecule has 0 amide bonds. The lowest BCUT2D eigenvalue weighted by molar-refractivity contribution is 0.526. The summed E-state index contributed by atoms with van der Waals surface area (Å²) in [6.45, 7) is 6.17. The van der Waals surface area contributed by atoms with Crippen molar-refractivity contribution in [1.82, 2.24) is 0 Å². The maximum atomic E-state index is 6.15. The summed E-state index contributed by atoms with van der Waals surface area (Å²) >= 11 is 1.78. The molecule has 0 aliphatic carbocycles. The van der Waals surface area contributed by atoms with E-state index in [1.54, 1.807) is 18.0 Å². The lowest BCUT2D eigenvalue weighted by Gasteiger charge is -2.22. The molecule has 2 N–H and O–H groups in total. The highest BCUT2D eigenvalue weighted by molar-refractivity contribution is 7.99. The molecule has 0 saturated heterocycles. The molecule has 2 unspecified atom stereocenters. The minimum absolute atomic E-state index is 0.0883. The number of hydrogen-bond acceptors (Lipinski definition) is 3. The second-order valence-corrected chi connectivity index (χ2v) is 5.78. The van der Waals surface area contributed by atoms with Crippen LogP contribution in [0.5, 0.6) is 0 Å². The first-order valence-electron chi connectivity index (χ1n) is 6.11. The standard InChI is InChI=1S/C15H19NOS/c1-10-6-4-5-7-13(10)15(11(2)16)18-14-8-9-17-12(14)3/h4-9,11,15H,16H2,1-3H3. The van der Waals surface area contributed by atoms with Crippen LogP contribution < -0.4 is 5.73 Å². The van der Waals surface area contributed by atoms with Crippen molar-refractivity contribution in [2.75, 3.05) is 0 Å². The molecule has 2 atom stereocenters. The summed E-state index contributed by atoms with van der Waals surface area (Å²) in [5.41, 5.74) is 8.74. The molecule has 0 aliphatic rings. The molecule has 18 heavy (non-hydrogen) atoms. The monoisotopic (exact) mass is 261 g/mol. The molecule has 0 radical (unpaired) electrons. The Labute approximate surface area is 113 Å². The van der Waals surface area contributed by atoms with E-state index in [9.17, 15) is 0 Å². The Morgan fingerprint density at radius 3 is 2.44 bits per heavy atom. The molecular formula is C15H19NOS. The number of rotatable bonds is 4. The zero-order valence-corrected chi connectivity index (χ0v) is 11.8. The van der Waals surface area contributed by atoms with Crippen LogP contribution in [0, 0.1) is 13.8 Å². The van der Waals surface area contributed by atoms with E-state index in [2.05, 4.69) is 38.1 Å². The zero-order valence-electron chi connectivity index (χ0n) is 11.0. The first-order valence-corrected chi connectivity index (χ1v) is 6.99. The fourth-order valence-electron chi connectivity index (χ4n) is 1.99. The largest absolute Gasteiger partial charge is 0.468 e. The van der Waals surface area contributed by atoms with E-state index in [1.165, 1.54) is 16.0 Å². The SMILES string of the molecule is Cc1ccccc1C(Sc1ccoc1C)C(C)N. The van der Waals surface area contributed by atoms with Crippen LogP contribution in [0.2, 0.25) is 0 Å². The molecule has 96 valence electrons. The van der Waals surface area contributed by atoms with E-state index in [0.29, 0.717) is 0 Å². The van der Waals surface area contributed by atoms with E-state index in [4.69, 9.17) is 10.2 Å². The van der Waals surface area contributed by atoms with Crippen LogP contribution in [0.3, 0.4) is 0 Å². The number of thioether (sulfide) groups is 1. The number of nitrogens with two attached hydrogens (primary N) is 1. The Morgan fingerprint density at radius 1 is 1.17 bits per heavy atom. The summed E-state index contributed by atoms with van der Waals surface area (Å²) < 4.78 is 5.35. The third kappa shape index (κ3) is 2.79. The topological polar surface area (TPSA) is 39.2 Å². The van der Waals surface area contributed by atoms with Crippen molar-refractivity contribution in [3.63, 3.8) is 0 Å². The molecule has 2 nitrogen and oxygen atoms in total. The maximum absolute atomic E-state index is 6.15. The van der Waals surface area contributed by atoms with Crippen molar-refractivity contribution >= 4 is 11.8 Å². The Morgan fingerprint density at radius 2 is 1.89 bits per heavy atom. The fourth-order valence-corrected chi connectivity index (χ4v) is 3.22. The Balaban J connectivity index is 2.30. The quantitative estimate of drug-likeness (QED) is 0.843. The Hall–Kier alpha value is -1.19. The molecule has 0 fully saturated rings. The third-order valence-electron chi connectivity index (χ3n) is 3.04. The molecule has 0 spiro atoms. The minimum atomic E-state index is 0.0883. The third-order valence-corrected chi connectivity index (χ3v) is 4.65. The summed E-state index contributed by atoms with van der Waals surface area (Å²) in [7, 11) is 0. The van der Waals surface area contributed by atoms with Gasteiger partial charge in [0.15, 0.2) is 0 Å². The fraction of sp³-hybridized carbons (Fsp3) is 0.333. The second kappa shape index (κ2) is 5.63. The first kappa shape index (κ1) is 13.2. The minimum Gasteiger partial charge on any atom is -0.468 e. The highest BCUT2D eigenvalue weighted by atomic mass is 32.2. The van der Waals surface area contributed by atoms with Crippen molar-refractivity contribution < 1.29 is 4.42 Å². The van der Waals surface area contributed by atoms with Crippen molar-refractivity contribution in [3.8, 4) is 0 Å². The summed E-state index contributed by atoms with van der Waals surface area (Å²) in [5, 5.41) is 0.252. The maximum Gasteiger partial charge on any atom is 0.114 e. The van der Waals surface area contributed by atoms with Crippen molar-refractivity contribution in [3.05, 3.63) is 53.5 Å². The van der Waals surface area contributed by atoms with Crippen LogP contribution in [-0.2, 0) is 0 Å². The lowest BCUT2D eigenvalue weighted by Crippen LogP contribution is -2.23. The van der Waals surface area contributed by atoms with Gasteiger partial charge in [-0.25, -0.2) is 0 Å². The van der Waals surface area contributed by atoms with Crippen LogP contribution in [0.15, 0.2) is 45.9 Å². The van der Waals surface area contributed by atoms with E-state index in [-0.39, 0.29) is 11.3 Å². The van der Waals surface area contributed by atoms with Gasteiger partial charge in [0.25, 0.3) is 0 Å². The molecule has 1 heterocycles. The number of aryl methyl sites for hydroxylation is 2. The summed E-state index contributed by atoms with van der Waals surface area (Å²) in [6.07, 6.45) is 1.73. The van der Waals surface area contributed by atoms with E-state index in [1.807, 2.05) is 13.0 Å². The van der Waals surface area contributed by atoms with Gasteiger partial charge < -0.3 is 10.2 Å². The predicted molar refractivity (Wildman–Crippen MR) is 76.9 cm³/mol. The van der Waals surface area contributed by atoms with Gasteiger partial charge in [0.05, 0.1) is 6.26 Å². The summed E-state index contributed by atoms with van der Waals surface area (Å²) in [4.78, 5) is 1.17. The molecule has 2 rings (SSSR count). The van der Waals surface area contributed by atoms with Gasteiger partial charge in [-0.1, -0.05) is 24.3 Å². The Kier molecular flexibility index (Phi) is 4.15. The van der Waals surface area contributed by atoms with Crippen molar-refractivity contribution in [2.24, 2.45) is 5.73 Å². The smallest absolute Gasteiger partial charge is 0.114 e. The van der Waals surface area contributed by atoms with Crippen molar-refractivity contribution in [1.29, 1.82) is 0 Å². The summed E-state index contributed by atoms with van der Waals surface area (Å²) in [6, 6.07) is 10.5. The molecule has 1 aromatic carbocycles. The zero-order chi connectivity index (χ0) is 13.1. The van der Waals surface area contributed by atoms with Crippen molar-refractivity contribution in [2.45, 2.75) is 37.0 Å². The van der Waals surface area contributed by atoms with Gasteiger partial charge in [-0.2, -0.15) is 0 Å². The Bertz CT molecular complexity index is 519. The van der Waals surface area contributed by atoms with Crippen LogP contribution in [-0.4, -0.2) is 6.04 Å². The first-order chi connectivity index (χ1) is 8.59. The molecule has 1 aromatic heterocycles. The number of furan rings is 1. The van der Waals surface area contributed by atoms with Gasteiger partial charge in [-0.05, 0) is 38.0 Å². The van der Waals surface area contributed by atoms with Crippen LogP contribution in [0.1, 0.15) is 29.1 Å². The van der Waals surface area contributed by atoms with E-state index < -0.39 is 0 Å². The van der Waals surface area contributed by atoms with Gasteiger partial charge in [0.1, 0.15) is 5.76 Å². The van der Waals surface area contributed by atoms with E-state index >= 15 is 0 Å². The van der Waals surface area contributed by atoms with Gasteiger partial charge in [-0.15, -0.1) is 11.8 Å². The molecule has 0 bridgehead atoms. The normalized spacial score (nSPS) is 14.4. The second-order valence-electron chi connectivity index (χ2n) is 4.60. The molecule has 3 heteroatoms. The number of benzene rings is 1. The highest BCUT2D eigenvalue weighted by Gasteiger charge is 2.20. The van der Waals surface area contributed by atoms with Gasteiger partial charge in [0.2, 0.25) is 0 Å². The summed E-state index contributed by atoms with van der Waals surface area (Å²) in [5.74, 6) is 0.958. The van der Waals surface area contributed by atoms with Gasteiger partial charge in [0, 0.05) is 16.2 Å². The average Bonchev–Trinajstić information content (AvgIpc) is 2.73.